The van der Waals surface area contributed by atoms with Gasteiger partial charge in [-0.3, -0.25) is 0 Å². The van der Waals surface area contributed by atoms with Crippen LogP contribution in [0, 0.1) is 18.8 Å². The van der Waals surface area contributed by atoms with Crippen molar-refractivity contribution in [1.29, 1.82) is 0 Å². The zero-order valence-corrected chi connectivity index (χ0v) is 10.5. The van der Waals surface area contributed by atoms with Crippen molar-refractivity contribution in [2.45, 2.75) is 26.7 Å². The normalized spacial score (nSPS) is 23.6. The number of hydrogen-bond donors (Lipinski definition) is 1. The summed E-state index contributed by atoms with van der Waals surface area (Å²) in [5.41, 5.74) is 7.56. The lowest BCUT2D eigenvalue weighted by Crippen LogP contribution is -2.21. The average molecular weight is 232 g/mol. The Balaban J connectivity index is 1.95. The fourth-order valence-corrected chi connectivity index (χ4v) is 2.12. The van der Waals surface area contributed by atoms with Gasteiger partial charge in [0.1, 0.15) is 0 Å². The van der Waals surface area contributed by atoms with E-state index in [0.29, 0.717) is 30.0 Å². The second-order valence-electron chi connectivity index (χ2n) is 4.90. The Morgan fingerprint density at radius 1 is 1.41 bits per heavy atom. The molecule has 0 aliphatic heterocycles. The summed E-state index contributed by atoms with van der Waals surface area (Å²) in [7, 11) is 0. The first kappa shape index (κ1) is 12.0. The number of hydrogen-bond acceptors (Lipinski definition) is 3. The Hall–Kier alpha value is -1.51. The number of nitrogen functional groups attached to an aromatic ring is 1. The Labute approximate surface area is 103 Å². The topological polar surface area (TPSA) is 48.1 Å². The first-order valence-electron chi connectivity index (χ1n) is 6.16. The number of aromatic nitrogens is 1. The van der Waals surface area contributed by atoms with Crippen molar-refractivity contribution in [1.82, 2.24) is 4.98 Å². The number of anilines is 1. The molecule has 2 N–H and O–H groups in total. The van der Waals surface area contributed by atoms with Crippen molar-refractivity contribution in [3.05, 3.63) is 30.0 Å². The number of rotatable bonds is 3. The van der Waals surface area contributed by atoms with E-state index in [2.05, 4.69) is 24.1 Å². The minimum Gasteiger partial charge on any atom is -0.476 e. The van der Waals surface area contributed by atoms with Crippen LogP contribution in [0.5, 0.6) is 5.88 Å². The van der Waals surface area contributed by atoms with E-state index in [1.165, 1.54) is 0 Å². The highest BCUT2D eigenvalue weighted by atomic mass is 16.5. The van der Waals surface area contributed by atoms with Crippen molar-refractivity contribution in [2.75, 3.05) is 12.3 Å². The van der Waals surface area contributed by atoms with Gasteiger partial charge in [-0.25, -0.2) is 4.98 Å². The van der Waals surface area contributed by atoms with Crippen LogP contribution in [0.3, 0.4) is 0 Å². The predicted molar refractivity (Wildman–Crippen MR) is 69.9 cm³/mol. The van der Waals surface area contributed by atoms with Gasteiger partial charge in [0.2, 0.25) is 5.88 Å². The van der Waals surface area contributed by atoms with Crippen molar-refractivity contribution >= 4 is 5.69 Å². The fourth-order valence-electron chi connectivity index (χ4n) is 2.12. The highest BCUT2D eigenvalue weighted by Gasteiger charge is 2.19. The van der Waals surface area contributed by atoms with Gasteiger partial charge in [0.25, 0.3) is 0 Å². The fraction of sp³-hybridized carbons (Fsp3) is 0.500. The molecule has 0 aromatic carbocycles. The van der Waals surface area contributed by atoms with Gasteiger partial charge in [-0.15, -0.1) is 0 Å². The van der Waals surface area contributed by atoms with Gasteiger partial charge >= 0.3 is 0 Å². The number of allylic oxidation sites excluding steroid dienone is 2. The van der Waals surface area contributed by atoms with Gasteiger partial charge in [-0.1, -0.05) is 19.1 Å². The van der Waals surface area contributed by atoms with Crippen LogP contribution in [-0.4, -0.2) is 11.6 Å². The lowest BCUT2D eigenvalue weighted by molar-refractivity contribution is 0.193. The first-order chi connectivity index (χ1) is 8.16. The summed E-state index contributed by atoms with van der Waals surface area (Å²) in [5.74, 6) is 1.81. The number of nitrogens with two attached hydrogens (primary N) is 1. The number of aryl methyl sites for hydroxylation is 1. The maximum atomic E-state index is 5.87. The van der Waals surface area contributed by atoms with E-state index >= 15 is 0 Å². The van der Waals surface area contributed by atoms with Crippen molar-refractivity contribution < 1.29 is 4.74 Å². The van der Waals surface area contributed by atoms with E-state index in [0.717, 1.165) is 18.4 Å². The molecule has 1 aliphatic rings. The van der Waals surface area contributed by atoms with Crippen LogP contribution in [0.4, 0.5) is 5.69 Å². The van der Waals surface area contributed by atoms with Gasteiger partial charge in [0.05, 0.1) is 12.3 Å². The SMILES string of the molecule is Cc1cnc(OCC2CC=CCC2C)c(N)c1. The Bertz CT molecular complexity index is 415. The molecule has 1 heterocycles. The maximum absolute atomic E-state index is 5.87. The summed E-state index contributed by atoms with van der Waals surface area (Å²) in [5, 5.41) is 0. The molecule has 0 spiro atoms. The second kappa shape index (κ2) is 5.21. The van der Waals surface area contributed by atoms with Crippen LogP contribution in [0.2, 0.25) is 0 Å². The summed E-state index contributed by atoms with van der Waals surface area (Å²) in [6.07, 6.45) is 8.51. The van der Waals surface area contributed by atoms with Crippen LogP contribution < -0.4 is 10.5 Å². The first-order valence-corrected chi connectivity index (χ1v) is 6.16. The summed E-state index contributed by atoms with van der Waals surface area (Å²) >= 11 is 0. The molecule has 0 fully saturated rings. The smallest absolute Gasteiger partial charge is 0.237 e. The third-order valence-corrected chi connectivity index (χ3v) is 3.37. The molecular weight excluding hydrogens is 212 g/mol. The Morgan fingerprint density at radius 2 is 2.18 bits per heavy atom. The molecule has 0 saturated heterocycles. The molecule has 17 heavy (non-hydrogen) atoms. The third-order valence-electron chi connectivity index (χ3n) is 3.37. The summed E-state index contributed by atoms with van der Waals surface area (Å²) in [6, 6.07) is 1.90. The van der Waals surface area contributed by atoms with Gasteiger partial charge < -0.3 is 10.5 Å². The van der Waals surface area contributed by atoms with Crippen molar-refractivity contribution in [3.8, 4) is 5.88 Å². The highest BCUT2D eigenvalue weighted by molar-refractivity contribution is 5.49. The molecule has 92 valence electrons. The highest BCUT2D eigenvalue weighted by Crippen LogP contribution is 2.26. The van der Waals surface area contributed by atoms with Crippen LogP contribution in [0.15, 0.2) is 24.4 Å². The van der Waals surface area contributed by atoms with E-state index in [9.17, 15) is 0 Å². The minimum atomic E-state index is 0.567. The Morgan fingerprint density at radius 3 is 2.88 bits per heavy atom. The summed E-state index contributed by atoms with van der Waals surface area (Å²) < 4.78 is 5.73. The van der Waals surface area contributed by atoms with E-state index in [4.69, 9.17) is 10.5 Å². The summed E-state index contributed by atoms with van der Waals surface area (Å²) in [6.45, 7) is 4.94. The standard InChI is InChI=1S/C14H20N2O/c1-10-7-13(15)14(16-8-10)17-9-12-6-4-3-5-11(12)2/h3-4,7-8,11-12H,5-6,9,15H2,1-2H3. The zero-order chi connectivity index (χ0) is 12.3. The van der Waals surface area contributed by atoms with E-state index < -0.39 is 0 Å². The predicted octanol–water partition coefficient (Wildman–Crippen LogP) is 2.95. The maximum Gasteiger partial charge on any atom is 0.237 e. The Kier molecular flexibility index (Phi) is 3.67. The zero-order valence-electron chi connectivity index (χ0n) is 10.5. The molecule has 3 nitrogen and oxygen atoms in total. The number of pyridine rings is 1. The summed E-state index contributed by atoms with van der Waals surface area (Å²) in [4.78, 5) is 4.22. The molecule has 1 aromatic rings. The molecule has 3 heteroatoms. The molecule has 1 aromatic heterocycles. The van der Waals surface area contributed by atoms with Crippen molar-refractivity contribution in [3.63, 3.8) is 0 Å². The molecule has 2 rings (SSSR count). The van der Waals surface area contributed by atoms with E-state index in [-0.39, 0.29) is 0 Å². The van der Waals surface area contributed by atoms with Crippen LogP contribution in [-0.2, 0) is 0 Å². The lowest BCUT2D eigenvalue weighted by Gasteiger charge is -2.25. The van der Waals surface area contributed by atoms with Crippen LogP contribution >= 0.6 is 0 Å². The van der Waals surface area contributed by atoms with Crippen LogP contribution in [0.25, 0.3) is 0 Å². The molecular formula is C14H20N2O. The molecule has 2 unspecified atom stereocenters. The molecule has 0 amide bonds. The third kappa shape index (κ3) is 2.99. The lowest BCUT2D eigenvalue weighted by atomic mass is 9.85. The molecule has 2 atom stereocenters. The quantitative estimate of drug-likeness (QED) is 0.815. The average Bonchev–Trinajstić information content (AvgIpc) is 2.30. The van der Waals surface area contributed by atoms with Gasteiger partial charge in [0.15, 0.2) is 0 Å². The minimum absolute atomic E-state index is 0.567. The monoisotopic (exact) mass is 232 g/mol. The van der Waals surface area contributed by atoms with Gasteiger partial charge in [0, 0.05) is 6.20 Å². The molecule has 0 bridgehead atoms. The van der Waals surface area contributed by atoms with E-state index in [1.54, 1.807) is 6.20 Å². The number of ether oxygens (including phenoxy) is 1. The van der Waals surface area contributed by atoms with Crippen molar-refractivity contribution in [2.24, 2.45) is 11.8 Å². The van der Waals surface area contributed by atoms with Gasteiger partial charge in [-0.2, -0.15) is 0 Å². The van der Waals surface area contributed by atoms with Crippen LogP contribution in [0.1, 0.15) is 25.3 Å². The second-order valence-corrected chi connectivity index (χ2v) is 4.90. The molecule has 0 saturated carbocycles. The molecule has 1 aliphatic carbocycles. The largest absolute Gasteiger partial charge is 0.476 e. The number of nitrogens with zero attached hydrogens (tertiary/aromatic N) is 1. The van der Waals surface area contributed by atoms with Gasteiger partial charge in [-0.05, 0) is 43.2 Å². The van der Waals surface area contributed by atoms with E-state index in [1.807, 2.05) is 13.0 Å². The molecule has 0 radical (unpaired) electrons.